The minimum atomic E-state index is 0.185. The Kier molecular flexibility index (Phi) is 6.76. The van der Waals surface area contributed by atoms with Crippen LogP contribution in [0.5, 0.6) is 0 Å². The van der Waals surface area contributed by atoms with Gasteiger partial charge in [0.05, 0.1) is 16.9 Å². The lowest BCUT2D eigenvalue weighted by Crippen LogP contribution is -2.03. The van der Waals surface area contributed by atoms with Gasteiger partial charge in [-0.3, -0.25) is 0 Å². The molecule has 0 bridgehead atoms. The average molecular weight is 529 g/mol. The average Bonchev–Trinajstić information content (AvgIpc) is 2.97. The molecule has 0 amide bonds. The number of benzene rings is 4. The molecular formula is C32H25ClN6. The third kappa shape index (κ3) is 5.66. The van der Waals surface area contributed by atoms with E-state index in [0.29, 0.717) is 23.1 Å². The molecule has 2 aromatic heterocycles. The first kappa shape index (κ1) is 24.4. The maximum Gasteiger partial charge on any atom is 0.222 e. The molecule has 6 nitrogen and oxygen atoms in total. The third-order valence-corrected chi connectivity index (χ3v) is 6.61. The number of rotatable bonds is 7. The molecule has 0 aliphatic rings. The Balaban J connectivity index is 1.36. The highest BCUT2D eigenvalue weighted by Crippen LogP contribution is 2.32. The number of hydrogen-bond donors (Lipinski definition) is 3. The third-order valence-electron chi connectivity index (χ3n) is 6.36. The molecule has 0 unspecified atom stereocenters. The minimum absolute atomic E-state index is 0.185. The smallest absolute Gasteiger partial charge is 0.222 e. The summed E-state index contributed by atoms with van der Waals surface area (Å²) in [7, 11) is 0. The molecule has 0 atom stereocenters. The van der Waals surface area contributed by atoms with Crippen molar-refractivity contribution >= 4 is 45.6 Å². The van der Waals surface area contributed by atoms with E-state index >= 15 is 0 Å². The van der Waals surface area contributed by atoms with Gasteiger partial charge in [0.2, 0.25) is 5.95 Å². The molecule has 4 N–H and O–H groups in total. The number of fused-ring (bicyclic) bond motifs is 1. The predicted octanol–water partition coefficient (Wildman–Crippen LogP) is 7.95. The van der Waals surface area contributed by atoms with Gasteiger partial charge in [-0.2, -0.15) is 4.98 Å². The van der Waals surface area contributed by atoms with E-state index in [1.54, 1.807) is 0 Å². The van der Waals surface area contributed by atoms with Gasteiger partial charge in [-0.25, -0.2) is 9.97 Å². The molecule has 0 spiro atoms. The fourth-order valence-electron chi connectivity index (χ4n) is 4.45. The van der Waals surface area contributed by atoms with E-state index in [1.165, 1.54) is 5.56 Å². The lowest BCUT2D eigenvalue weighted by molar-refractivity contribution is 1.15. The summed E-state index contributed by atoms with van der Waals surface area (Å²) >= 11 is 6.05. The van der Waals surface area contributed by atoms with Crippen LogP contribution >= 0.6 is 11.6 Å². The Morgan fingerprint density at radius 2 is 1.36 bits per heavy atom. The first-order valence-corrected chi connectivity index (χ1v) is 12.9. The number of nitrogen functional groups attached to an aromatic ring is 1. The molecule has 39 heavy (non-hydrogen) atoms. The van der Waals surface area contributed by atoms with E-state index in [4.69, 9.17) is 22.3 Å². The Labute approximate surface area is 231 Å². The van der Waals surface area contributed by atoms with Gasteiger partial charge in [-0.15, -0.1) is 0 Å². The Hall–Kier alpha value is -4.94. The van der Waals surface area contributed by atoms with E-state index in [1.807, 2.05) is 78.9 Å². The number of halogens is 1. The van der Waals surface area contributed by atoms with E-state index in [9.17, 15) is 0 Å². The van der Waals surface area contributed by atoms with Gasteiger partial charge < -0.3 is 16.4 Å². The molecular weight excluding hydrogens is 504 g/mol. The van der Waals surface area contributed by atoms with Crippen LogP contribution in [-0.4, -0.2) is 15.0 Å². The summed E-state index contributed by atoms with van der Waals surface area (Å²) in [5.74, 6) is 0.782. The molecule has 0 saturated carbocycles. The molecule has 0 saturated heterocycles. The monoisotopic (exact) mass is 528 g/mol. The van der Waals surface area contributed by atoms with Crippen molar-refractivity contribution in [2.24, 2.45) is 0 Å². The van der Waals surface area contributed by atoms with Crippen molar-refractivity contribution in [2.45, 2.75) is 6.54 Å². The highest BCUT2D eigenvalue weighted by molar-refractivity contribution is 6.30. The lowest BCUT2D eigenvalue weighted by atomic mass is 10.1. The van der Waals surface area contributed by atoms with E-state index in [-0.39, 0.29) is 5.95 Å². The van der Waals surface area contributed by atoms with Gasteiger partial charge in [-0.1, -0.05) is 84.4 Å². The van der Waals surface area contributed by atoms with Crippen molar-refractivity contribution in [3.8, 4) is 22.5 Å². The molecule has 190 valence electrons. The van der Waals surface area contributed by atoms with Crippen LogP contribution in [0.2, 0.25) is 5.02 Å². The fourth-order valence-corrected chi connectivity index (χ4v) is 4.57. The first-order chi connectivity index (χ1) is 19.1. The maximum absolute atomic E-state index is 6.05. The second kappa shape index (κ2) is 10.8. The van der Waals surface area contributed by atoms with E-state index in [0.717, 1.165) is 39.1 Å². The summed E-state index contributed by atoms with van der Waals surface area (Å²) in [6, 6.07) is 38.1. The molecule has 4 aromatic carbocycles. The van der Waals surface area contributed by atoms with Crippen molar-refractivity contribution in [2.75, 3.05) is 16.4 Å². The van der Waals surface area contributed by atoms with Gasteiger partial charge in [-0.05, 0) is 42.0 Å². The quantitative estimate of drug-likeness (QED) is 0.195. The van der Waals surface area contributed by atoms with Gasteiger partial charge >= 0.3 is 0 Å². The summed E-state index contributed by atoms with van der Waals surface area (Å²) in [6.45, 7) is 0.693. The second-order valence-corrected chi connectivity index (χ2v) is 9.56. The van der Waals surface area contributed by atoms with Crippen LogP contribution in [0.4, 0.5) is 23.1 Å². The number of aromatic nitrogens is 3. The number of anilines is 4. The number of hydrogen-bond acceptors (Lipinski definition) is 6. The summed E-state index contributed by atoms with van der Waals surface area (Å²) in [6.07, 6.45) is 0. The van der Waals surface area contributed by atoms with Crippen LogP contribution < -0.4 is 16.4 Å². The number of nitrogens with one attached hydrogen (secondary N) is 2. The number of nitrogens with zero attached hydrogens (tertiary/aromatic N) is 3. The summed E-state index contributed by atoms with van der Waals surface area (Å²) in [5.41, 5.74) is 13.6. The zero-order valence-corrected chi connectivity index (χ0v) is 21.7. The van der Waals surface area contributed by atoms with Gasteiger partial charge in [0.25, 0.3) is 0 Å². The second-order valence-electron chi connectivity index (χ2n) is 9.12. The normalized spacial score (nSPS) is 10.9. The zero-order valence-electron chi connectivity index (χ0n) is 21.0. The Bertz CT molecular complexity index is 1740. The number of pyridine rings is 1. The Morgan fingerprint density at radius 1 is 0.667 bits per heavy atom. The van der Waals surface area contributed by atoms with Gasteiger partial charge in [0.1, 0.15) is 5.82 Å². The molecule has 6 aromatic rings. The maximum atomic E-state index is 6.05. The standard InChI is InChI=1S/C32H25ClN6/c33-24-13-11-23(12-14-24)29-19-31(39-32(34)38-29)36-25-15-16-27-26(17-25)30(35-20-21-7-3-1-4-8-21)18-28(37-27)22-9-5-2-6-10-22/h1-19H,20H2,(H,35,37)(H3,34,36,38,39). The zero-order chi connectivity index (χ0) is 26.6. The molecule has 2 heterocycles. The van der Waals surface area contributed by atoms with Gasteiger partial charge in [0, 0.05) is 45.5 Å². The van der Waals surface area contributed by atoms with Crippen molar-refractivity contribution in [1.82, 2.24) is 15.0 Å². The van der Waals surface area contributed by atoms with Gasteiger partial charge in [0.15, 0.2) is 0 Å². The lowest BCUT2D eigenvalue weighted by Gasteiger charge is -2.14. The molecule has 0 aliphatic carbocycles. The van der Waals surface area contributed by atoms with Crippen molar-refractivity contribution in [1.29, 1.82) is 0 Å². The Morgan fingerprint density at radius 3 is 2.13 bits per heavy atom. The van der Waals surface area contributed by atoms with Crippen molar-refractivity contribution in [3.05, 3.63) is 126 Å². The highest BCUT2D eigenvalue weighted by atomic mass is 35.5. The summed E-state index contributed by atoms with van der Waals surface area (Å²) < 4.78 is 0. The number of nitrogens with two attached hydrogens (primary N) is 1. The molecule has 0 aliphatic heterocycles. The van der Waals surface area contributed by atoms with E-state index in [2.05, 4.69) is 57.0 Å². The van der Waals surface area contributed by atoms with Crippen molar-refractivity contribution in [3.63, 3.8) is 0 Å². The van der Waals surface area contributed by atoms with Crippen LogP contribution in [0.25, 0.3) is 33.4 Å². The van der Waals surface area contributed by atoms with Crippen LogP contribution in [0.3, 0.4) is 0 Å². The molecule has 0 radical (unpaired) electrons. The fraction of sp³-hybridized carbons (Fsp3) is 0.0312. The molecule has 7 heteroatoms. The molecule has 6 rings (SSSR count). The first-order valence-electron chi connectivity index (χ1n) is 12.6. The van der Waals surface area contributed by atoms with Crippen molar-refractivity contribution < 1.29 is 0 Å². The summed E-state index contributed by atoms with van der Waals surface area (Å²) in [4.78, 5) is 13.8. The minimum Gasteiger partial charge on any atom is -0.380 e. The van der Waals surface area contributed by atoms with Crippen LogP contribution in [-0.2, 0) is 6.54 Å². The summed E-state index contributed by atoms with van der Waals surface area (Å²) in [5, 5.41) is 8.68. The predicted molar refractivity (Wildman–Crippen MR) is 161 cm³/mol. The van der Waals surface area contributed by atoms with E-state index < -0.39 is 0 Å². The SMILES string of the molecule is Nc1nc(Nc2ccc3nc(-c4ccccc4)cc(NCc4ccccc4)c3c2)cc(-c2ccc(Cl)cc2)n1. The van der Waals surface area contributed by atoms with Crippen LogP contribution in [0.15, 0.2) is 115 Å². The highest BCUT2D eigenvalue weighted by Gasteiger charge is 2.11. The topological polar surface area (TPSA) is 88.8 Å². The largest absolute Gasteiger partial charge is 0.380 e. The van der Waals surface area contributed by atoms with Crippen LogP contribution in [0.1, 0.15) is 5.56 Å². The van der Waals surface area contributed by atoms with Crippen LogP contribution in [0, 0.1) is 0 Å². The molecule has 0 fully saturated rings.